The van der Waals surface area contributed by atoms with E-state index in [0.717, 1.165) is 45.6 Å². The molecule has 5 nitrogen and oxygen atoms in total. The molecule has 0 saturated carbocycles. The largest absolute Gasteiger partial charge is 0.304 e. The Morgan fingerprint density at radius 3 is 2.50 bits per heavy atom. The van der Waals surface area contributed by atoms with Crippen molar-refractivity contribution >= 4 is 21.6 Å². The lowest BCUT2D eigenvalue weighted by Crippen LogP contribution is -2.44. The van der Waals surface area contributed by atoms with E-state index in [1.54, 1.807) is 18.2 Å². The predicted octanol–water partition coefficient (Wildman–Crippen LogP) is 1.65. The number of benzene rings is 1. The average Bonchev–Trinajstić information content (AvgIpc) is 2.49. The van der Waals surface area contributed by atoms with Crippen molar-refractivity contribution in [1.29, 1.82) is 0 Å². The van der Waals surface area contributed by atoms with Crippen molar-refractivity contribution in [3.05, 3.63) is 29.3 Å². The summed E-state index contributed by atoms with van der Waals surface area (Å²) in [4.78, 5) is 4.91. The van der Waals surface area contributed by atoms with Crippen molar-refractivity contribution in [2.45, 2.75) is 17.7 Å². The summed E-state index contributed by atoms with van der Waals surface area (Å²) in [5.74, 6) is 0. The number of halogens is 1. The Labute approximate surface area is 138 Å². The summed E-state index contributed by atoms with van der Waals surface area (Å²) in [5.41, 5.74) is 0. The van der Waals surface area contributed by atoms with Crippen LogP contribution in [-0.2, 0) is 10.0 Å². The van der Waals surface area contributed by atoms with Crippen molar-refractivity contribution in [3.8, 4) is 0 Å². The molecule has 0 aliphatic carbocycles. The van der Waals surface area contributed by atoms with Crippen molar-refractivity contribution in [1.82, 2.24) is 14.5 Å². The predicted molar refractivity (Wildman–Crippen MR) is 89.8 cm³/mol. The van der Waals surface area contributed by atoms with Gasteiger partial charge >= 0.3 is 0 Å². The lowest BCUT2D eigenvalue weighted by Gasteiger charge is -2.32. The first-order chi connectivity index (χ1) is 10.5. The van der Waals surface area contributed by atoms with E-state index in [9.17, 15) is 8.42 Å². The Bertz CT molecular complexity index is 572. The standard InChI is InChI=1S/C15H24ClN3O2S/c1-18-10-12-19(13-11-18)9-5-4-8-17-22(20,21)15-7-3-2-6-14(15)16/h2-3,6-7,17H,4-5,8-13H2,1H3. The fourth-order valence-corrected chi connectivity index (χ4v) is 4.07. The molecule has 1 heterocycles. The Hall–Kier alpha value is -0.660. The van der Waals surface area contributed by atoms with E-state index in [1.807, 2.05) is 0 Å². The van der Waals surface area contributed by atoms with Crippen LogP contribution in [0.5, 0.6) is 0 Å². The van der Waals surface area contributed by atoms with Crippen LogP contribution in [0.4, 0.5) is 0 Å². The zero-order valence-corrected chi connectivity index (χ0v) is 14.5. The van der Waals surface area contributed by atoms with Gasteiger partial charge in [-0.1, -0.05) is 23.7 Å². The third-order valence-electron chi connectivity index (χ3n) is 3.92. The summed E-state index contributed by atoms with van der Waals surface area (Å²) in [6.07, 6.45) is 1.82. The van der Waals surface area contributed by atoms with Crippen LogP contribution in [0.3, 0.4) is 0 Å². The van der Waals surface area contributed by atoms with Crippen LogP contribution in [-0.4, -0.2) is 64.5 Å². The minimum absolute atomic E-state index is 0.149. The van der Waals surface area contributed by atoms with Crippen LogP contribution < -0.4 is 4.72 Å². The Balaban J connectivity index is 1.69. The maximum Gasteiger partial charge on any atom is 0.242 e. The second-order valence-electron chi connectivity index (χ2n) is 5.68. The van der Waals surface area contributed by atoms with Gasteiger partial charge in [0, 0.05) is 32.7 Å². The third-order valence-corrected chi connectivity index (χ3v) is 5.88. The Kier molecular flexibility index (Phi) is 6.65. The normalized spacial score (nSPS) is 17.7. The summed E-state index contributed by atoms with van der Waals surface area (Å²) in [5, 5.41) is 0.257. The van der Waals surface area contributed by atoms with E-state index in [4.69, 9.17) is 11.6 Å². The number of sulfonamides is 1. The van der Waals surface area contributed by atoms with Crippen LogP contribution >= 0.6 is 11.6 Å². The monoisotopic (exact) mass is 345 g/mol. The van der Waals surface area contributed by atoms with Gasteiger partial charge in [-0.05, 0) is 38.6 Å². The fourth-order valence-electron chi connectivity index (χ4n) is 2.48. The van der Waals surface area contributed by atoms with Gasteiger partial charge in [-0.2, -0.15) is 0 Å². The molecule has 7 heteroatoms. The number of hydrogen-bond donors (Lipinski definition) is 1. The molecule has 1 saturated heterocycles. The van der Waals surface area contributed by atoms with E-state index in [-0.39, 0.29) is 9.92 Å². The Morgan fingerprint density at radius 1 is 1.14 bits per heavy atom. The van der Waals surface area contributed by atoms with E-state index >= 15 is 0 Å². The first-order valence-corrected chi connectivity index (χ1v) is 9.50. The second-order valence-corrected chi connectivity index (χ2v) is 7.82. The molecule has 0 radical (unpaired) electrons. The number of nitrogens with one attached hydrogen (secondary N) is 1. The number of likely N-dealkylation sites (N-methyl/N-ethyl adjacent to an activating group) is 1. The number of nitrogens with zero attached hydrogens (tertiary/aromatic N) is 2. The fraction of sp³-hybridized carbons (Fsp3) is 0.600. The first-order valence-electron chi connectivity index (χ1n) is 7.64. The van der Waals surface area contributed by atoms with E-state index in [2.05, 4.69) is 21.6 Å². The van der Waals surface area contributed by atoms with E-state index < -0.39 is 10.0 Å². The van der Waals surface area contributed by atoms with Gasteiger partial charge in [-0.15, -0.1) is 0 Å². The van der Waals surface area contributed by atoms with Crippen LogP contribution in [0, 0.1) is 0 Å². The molecule has 0 atom stereocenters. The molecule has 1 aliphatic rings. The van der Waals surface area contributed by atoms with Crippen LogP contribution in [0.2, 0.25) is 5.02 Å². The minimum atomic E-state index is -3.51. The molecule has 1 aliphatic heterocycles. The summed E-state index contributed by atoms with van der Waals surface area (Å²) >= 11 is 5.93. The molecule has 2 rings (SSSR count). The summed E-state index contributed by atoms with van der Waals surface area (Å²) < 4.78 is 26.9. The highest BCUT2D eigenvalue weighted by molar-refractivity contribution is 7.89. The van der Waals surface area contributed by atoms with Crippen molar-refractivity contribution in [2.75, 3.05) is 46.3 Å². The van der Waals surface area contributed by atoms with Gasteiger partial charge in [0.25, 0.3) is 0 Å². The summed E-state index contributed by atoms with van der Waals surface area (Å²) in [6.45, 7) is 5.89. The molecular formula is C15H24ClN3O2S. The maximum absolute atomic E-state index is 12.1. The molecule has 1 fully saturated rings. The maximum atomic E-state index is 12.1. The average molecular weight is 346 g/mol. The van der Waals surface area contributed by atoms with Gasteiger partial charge in [0.15, 0.2) is 0 Å². The van der Waals surface area contributed by atoms with Gasteiger partial charge in [-0.25, -0.2) is 13.1 Å². The first kappa shape index (κ1) is 17.7. The van der Waals surface area contributed by atoms with Gasteiger partial charge in [-0.3, -0.25) is 0 Å². The van der Waals surface area contributed by atoms with Gasteiger partial charge in [0.1, 0.15) is 4.90 Å². The lowest BCUT2D eigenvalue weighted by atomic mass is 10.2. The minimum Gasteiger partial charge on any atom is -0.304 e. The Morgan fingerprint density at radius 2 is 1.82 bits per heavy atom. The van der Waals surface area contributed by atoms with Crippen LogP contribution in [0.1, 0.15) is 12.8 Å². The molecule has 0 unspecified atom stereocenters. The molecule has 0 amide bonds. The SMILES string of the molecule is CN1CCN(CCCCNS(=O)(=O)c2ccccc2Cl)CC1. The van der Waals surface area contributed by atoms with Crippen molar-refractivity contribution in [3.63, 3.8) is 0 Å². The lowest BCUT2D eigenvalue weighted by molar-refractivity contribution is 0.152. The zero-order chi connectivity index (χ0) is 16.0. The van der Waals surface area contributed by atoms with Crippen LogP contribution in [0.25, 0.3) is 0 Å². The quantitative estimate of drug-likeness (QED) is 0.763. The highest BCUT2D eigenvalue weighted by Crippen LogP contribution is 2.19. The molecule has 124 valence electrons. The highest BCUT2D eigenvalue weighted by Gasteiger charge is 2.17. The van der Waals surface area contributed by atoms with Gasteiger partial charge < -0.3 is 9.80 Å². The number of rotatable bonds is 7. The molecule has 22 heavy (non-hydrogen) atoms. The summed E-state index contributed by atoms with van der Waals surface area (Å²) in [6, 6.07) is 6.50. The number of unbranched alkanes of at least 4 members (excludes halogenated alkanes) is 1. The number of hydrogen-bond acceptors (Lipinski definition) is 4. The van der Waals surface area contributed by atoms with Gasteiger partial charge in [0.2, 0.25) is 10.0 Å². The molecule has 0 bridgehead atoms. The highest BCUT2D eigenvalue weighted by atomic mass is 35.5. The summed E-state index contributed by atoms with van der Waals surface area (Å²) in [7, 11) is -1.37. The molecule has 0 aromatic heterocycles. The molecular weight excluding hydrogens is 322 g/mol. The van der Waals surface area contributed by atoms with E-state index in [0.29, 0.717) is 6.54 Å². The zero-order valence-electron chi connectivity index (χ0n) is 13.0. The van der Waals surface area contributed by atoms with Crippen molar-refractivity contribution < 1.29 is 8.42 Å². The molecule has 1 aromatic rings. The van der Waals surface area contributed by atoms with E-state index in [1.165, 1.54) is 6.07 Å². The van der Waals surface area contributed by atoms with Crippen LogP contribution in [0.15, 0.2) is 29.2 Å². The smallest absolute Gasteiger partial charge is 0.242 e. The topological polar surface area (TPSA) is 52.6 Å². The molecule has 1 aromatic carbocycles. The van der Waals surface area contributed by atoms with Gasteiger partial charge in [0.05, 0.1) is 5.02 Å². The van der Waals surface area contributed by atoms with Crippen molar-refractivity contribution in [2.24, 2.45) is 0 Å². The molecule has 1 N–H and O–H groups in total. The second kappa shape index (κ2) is 8.26. The molecule has 0 spiro atoms. The third kappa shape index (κ3) is 5.21. The number of piperazine rings is 1.